The maximum Gasteiger partial charge on any atom is 0.0983 e. The Hall–Kier alpha value is -0.970. The maximum absolute atomic E-state index is 8.99. The summed E-state index contributed by atoms with van der Waals surface area (Å²) in [5.41, 5.74) is 6.80. The van der Waals surface area contributed by atoms with Crippen LogP contribution in [-0.2, 0) is 0 Å². The summed E-state index contributed by atoms with van der Waals surface area (Å²) in [7, 11) is 0. The number of benzene rings is 1. The first-order valence-corrected chi connectivity index (χ1v) is 5.76. The second-order valence-electron chi connectivity index (χ2n) is 3.65. The number of aliphatic hydroxyl groups is 1. The molecule has 80 valence electrons. The van der Waals surface area contributed by atoms with E-state index in [0.717, 1.165) is 10.5 Å². The third-order valence-corrected chi connectivity index (χ3v) is 3.79. The van der Waals surface area contributed by atoms with Gasteiger partial charge in [-0.05, 0) is 12.1 Å². The van der Waals surface area contributed by atoms with Crippen LogP contribution >= 0.6 is 11.3 Å². The van der Waals surface area contributed by atoms with Crippen LogP contribution in [0.25, 0.3) is 10.2 Å². The zero-order valence-corrected chi connectivity index (χ0v) is 9.37. The highest BCUT2D eigenvalue weighted by molar-refractivity contribution is 7.18. The average molecular weight is 222 g/mol. The van der Waals surface area contributed by atoms with Gasteiger partial charge in [0.25, 0.3) is 0 Å². The summed E-state index contributed by atoms with van der Waals surface area (Å²) in [6.07, 6.45) is 0. The predicted octanol–water partition coefficient (Wildman–Crippen LogP) is 1.72. The fraction of sp³-hybridized carbons (Fsp3) is 0.364. The minimum absolute atomic E-state index is 0.00289. The first-order valence-electron chi connectivity index (χ1n) is 4.94. The standard InChI is InChI=1S/C11H14N2OS/c1-7(8(12)6-14)11-13-9-4-2-3-5-10(9)15-11/h2-5,7-8,14H,6,12H2,1H3/t7?,8-/m1/s1. The van der Waals surface area contributed by atoms with Crippen LogP contribution < -0.4 is 5.73 Å². The Balaban J connectivity index is 2.36. The monoisotopic (exact) mass is 222 g/mol. The van der Waals surface area contributed by atoms with Gasteiger partial charge in [0.05, 0.1) is 21.8 Å². The van der Waals surface area contributed by atoms with Gasteiger partial charge in [-0.25, -0.2) is 4.98 Å². The van der Waals surface area contributed by atoms with Crippen LogP contribution in [-0.4, -0.2) is 22.7 Å². The Kier molecular flexibility index (Phi) is 3.00. The molecule has 0 amide bonds. The summed E-state index contributed by atoms with van der Waals surface area (Å²) in [4.78, 5) is 4.51. The van der Waals surface area contributed by atoms with Gasteiger partial charge in [0, 0.05) is 12.0 Å². The summed E-state index contributed by atoms with van der Waals surface area (Å²) < 4.78 is 1.17. The summed E-state index contributed by atoms with van der Waals surface area (Å²) in [6.45, 7) is 2.00. The minimum atomic E-state index is -0.231. The molecule has 0 saturated heterocycles. The number of fused-ring (bicyclic) bond motifs is 1. The molecular formula is C11H14N2OS. The highest BCUT2D eigenvalue weighted by atomic mass is 32.1. The summed E-state index contributed by atoms with van der Waals surface area (Å²) in [5, 5.41) is 9.99. The molecule has 2 atom stereocenters. The van der Waals surface area contributed by atoms with E-state index in [-0.39, 0.29) is 18.6 Å². The van der Waals surface area contributed by atoms with E-state index < -0.39 is 0 Å². The van der Waals surface area contributed by atoms with Crippen LogP contribution in [0.5, 0.6) is 0 Å². The van der Waals surface area contributed by atoms with Gasteiger partial charge in [0.15, 0.2) is 0 Å². The molecule has 0 spiro atoms. The molecule has 1 aromatic carbocycles. The normalized spacial score (nSPS) is 15.4. The summed E-state index contributed by atoms with van der Waals surface area (Å²) in [6, 6.07) is 7.79. The van der Waals surface area contributed by atoms with Gasteiger partial charge in [0.2, 0.25) is 0 Å². The molecule has 0 saturated carbocycles. The number of aromatic nitrogens is 1. The Morgan fingerprint density at radius 3 is 2.87 bits per heavy atom. The molecule has 1 heterocycles. The highest BCUT2D eigenvalue weighted by Gasteiger charge is 2.17. The van der Waals surface area contributed by atoms with Crippen LogP contribution in [0.4, 0.5) is 0 Å². The maximum atomic E-state index is 8.99. The van der Waals surface area contributed by atoms with E-state index in [0.29, 0.717) is 0 Å². The van der Waals surface area contributed by atoms with Crippen molar-refractivity contribution in [3.05, 3.63) is 29.3 Å². The van der Waals surface area contributed by atoms with Crippen molar-refractivity contribution in [3.8, 4) is 0 Å². The Morgan fingerprint density at radius 1 is 1.47 bits per heavy atom. The van der Waals surface area contributed by atoms with Gasteiger partial charge >= 0.3 is 0 Å². The lowest BCUT2D eigenvalue weighted by molar-refractivity contribution is 0.252. The first kappa shape index (κ1) is 10.5. The zero-order chi connectivity index (χ0) is 10.8. The molecule has 0 radical (unpaired) electrons. The van der Waals surface area contributed by atoms with E-state index in [1.807, 2.05) is 31.2 Å². The molecule has 15 heavy (non-hydrogen) atoms. The lowest BCUT2D eigenvalue weighted by Crippen LogP contribution is -2.30. The van der Waals surface area contributed by atoms with Crippen molar-refractivity contribution < 1.29 is 5.11 Å². The molecular weight excluding hydrogens is 208 g/mol. The Labute approximate surface area is 92.6 Å². The fourth-order valence-electron chi connectivity index (χ4n) is 1.43. The van der Waals surface area contributed by atoms with Crippen molar-refractivity contribution >= 4 is 21.6 Å². The SMILES string of the molecule is CC(c1nc2ccccc2s1)[C@H](N)CO. The molecule has 0 bridgehead atoms. The second-order valence-corrected chi connectivity index (χ2v) is 4.72. The zero-order valence-electron chi connectivity index (χ0n) is 8.55. The van der Waals surface area contributed by atoms with E-state index >= 15 is 0 Å². The number of hydrogen-bond donors (Lipinski definition) is 2. The highest BCUT2D eigenvalue weighted by Crippen LogP contribution is 2.28. The van der Waals surface area contributed by atoms with E-state index in [1.165, 1.54) is 4.70 Å². The van der Waals surface area contributed by atoms with Crippen LogP contribution in [0.3, 0.4) is 0 Å². The number of nitrogens with two attached hydrogens (primary N) is 1. The molecule has 0 aliphatic rings. The van der Waals surface area contributed by atoms with Crippen molar-refractivity contribution in [2.45, 2.75) is 18.9 Å². The predicted molar refractivity (Wildman–Crippen MR) is 63.1 cm³/mol. The molecule has 2 aromatic rings. The Bertz CT molecular complexity index is 422. The number of aliphatic hydroxyl groups excluding tert-OH is 1. The van der Waals surface area contributed by atoms with Gasteiger partial charge < -0.3 is 10.8 Å². The van der Waals surface area contributed by atoms with Crippen LogP contribution in [0.2, 0.25) is 0 Å². The number of rotatable bonds is 3. The number of thiazole rings is 1. The molecule has 3 N–H and O–H groups in total. The number of hydrogen-bond acceptors (Lipinski definition) is 4. The first-order chi connectivity index (χ1) is 7.22. The molecule has 0 aliphatic heterocycles. The van der Waals surface area contributed by atoms with Gasteiger partial charge in [-0.2, -0.15) is 0 Å². The lowest BCUT2D eigenvalue weighted by atomic mass is 10.1. The second kappa shape index (κ2) is 4.26. The van der Waals surface area contributed by atoms with Crippen LogP contribution in [0.15, 0.2) is 24.3 Å². The number of para-hydroxylation sites is 1. The minimum Gasteiger partial charge on any atom is -0.395 e. The molecule has 0 aliphatic carbocycles. The Morgan fingerprint density at radius 2 is 2.20 bits per heavy atom. The molecule has 0 fully saturated rings. The van der Waals surface area contributed by atoms with Crippen molar-refractivity contribution in [3.63, 3.8) is 0 Å². The number of nitrogens with zero attached hydrogens (tertiary/aromatic N) is 1. The smallest absolute Gasteiger partial charge is 0.0983 e. The third kappa shape index (κ3) is 2.02. The molecule has 1 unspecified atom stereocenters. The van der Waals surface area contributed by atoms with Gasteiger partial charge in [-0.15, -0.1) is 11.3 Å². The molecule has 2 rings (SSSR count). The quantitative estimate of drug-likeness (QED) is 0.831. The topological polar surface area (TPSA) is 59.1 Å². The van der Waals surface area contributed by atoms with Gasteiger partial charge in [-0.1, -0.05) is 19.1 Å². The summed E-state index contributed by atoms with van der Waals surface area (Å²) in [5.74, 6) is 0.104. The van der Waals surface area contributed by atoms with Crippen molar-refractivity contribution in [2.75, 3.05) is 6.61 Å². The van der Waals surface area contributed by atoms with Gasteiger partial charge in [-0.3, -0.25) is 0 Å². The summed E-state index contributed by atoms with van der Waals surface area (Å²) >= 11 is 1.65. The van der Waals surface area contributed by atoms with E-state index in [1.54, 1.807) is 11.3 Å². The van der Waals surface area contributed by atoms with Crippen molar-refractivity contribution in [1.82, 2.24) is 4.98 Å². The van der Waals surface area contributed by atoms with E-state index in [9.17, 15) is 0 Å². The van der Waals surface area contributed by atoms with E-state index in [4.69, 9.17) is 10.8 Å². The van der Waals surface area contributed by atoms with Crippen molar-refractivity contribution in [1.29, 1.82) is 0 Å². The lowest BCUT2D eigenvalue weighted by Gasteiger charge is -2.14. The fourth-order valence-corrected chi connectivity index (χ4v) is 2.52. The largest absolute Gasteiger partial charge is 0.395 e. The van der Waals surface area contributed by atoms with Gasteiger partial charge in [0.1, 0.15) is 0 Å². The van der Waals surface area contributed by atoms with Crippen LogP contribution in [0.1, 0.15) is 17.8 Å². The average Bonchev–Trinajstić information content (AvgIpc) is 2.70. The molecule has 1 aromatic heterocycles. The van der Waals surface area contributed by atoms with Crippen molar-refractivity contribution in [2.24, 2.45) is 5.73 Å². The van der Waals surface area contributed by atoms with Crippen LogP contribution in [0, 0.1) is 0 Å². The van der Waals surface area contributed by atoms with E-state index in [2.05, 4.69) is 4.98 Å². The third-order valence-electron chi connectivity index (χ3n) is 2.55. The molecule has 4 heteroatoms. The molecule has 3 nitrogen and oxygen atoms in total.